The molecule has 1 aliphatic heterocycles. The Bertz CT molecular complexity index is 379. The molecule has 98 valence electrons. The van der Waals surface area contributed by atoms with E-state index in [4.69, 9.17) is 10.5 Å². The van der Waals surface area contributed by atoms with Crippen LogP contribution in [0.15, 0.2) is 30.3 Å². The minimum atomic E-state index is -0.593. The maximum Gasteiger partial charge on any atom is 0.326 e. The van der Waals surface area contributed by atoms with Crippen LogP contribution in [0.1, 0.15) is 11.7 Å². The number of morpholine rings is 1. The molecule has 0 aliphatic carbocycles. The molecule has 0 radical (unpaired) electrons. The summed E-state index contributed by atoms with van der Waals surface area (Å²) in [6.07, 6.45) is -0.0948. The smallest absolute Gasteiger partial charge is 0.326 e. The Hall–Kier alpha value is -1.63. The third-order valence-corrected chi connectivity index (χ3v) is 2.86. The average molecular weight is 250 g/mol. The number of nitrogens with zero attached hydrogens (tertiary/aromatic N) is 1. The molecule has 0 aromatic heterocycles. The molecule has 0 saturated carbocycles. The van der Waals surface area contributed by atoms with Crippen LogP contribution in [0.25, 0.3) is 0 Å². The van der Waals surface area contributed by atoms with Crippen molar-refractivity contribution in [2.45, 2.75) is 6.17 Å². The van der Waals surface area contributed by atoms with Crippen LogP contribution in [0.4, 0.5) is 4.79 Å². The van der Waals surface area contributed by atoms with Gasteiger partial charge in [-0.2, -0.15) is 0 Å². The molecule has 1 fully saturated rings. The quantitative estimate of drug-likeness (QED) is 0.666. The first-order valence-corrected chi connectivity index (χ1v) is 5.95. The number of carbonyl (C=O) groups excluding carboxylic acids is 1. The number of carbonyl (C=O) groups is 1. The topological polar surface area (TPSA) is 79.6 Å². The van der Waals surface area contributed by atoms with E-state index >= 15 is 0 Å². The van der Waals surface area contributed by atoms with E-state index in [1.807, 2.05) is 30.3 Å². The SMILES string of the molecule is NC(=O)NNC(c1ccccc1)N1CCOCC1. The minimum Gasteiger partial charge on any atom is -0.379 e. The number of ether oxygens (including phenoxy) is 1. The molecule has 1 saturated heterocycles. The van der Waals surface area contributed by atoms with Crippen molar-refractivity contribution >= 4 is 6.03 Å². The molecule has 1 atom stereocenters. The molecule has 2 rings (SSSR count). The highest BCUT2D eigenvalue weighted by atomic mass is 16.5. The van der Waals surface area contributed by atoms with Crippen molar-refractivity contribution in [3.63, 3.8) is 0 Å². The number of benzene rings is 1. The van der Waals surface area contributed by atoms with E-state index in [0.29, 0.717) is 13.2 Å². The lowest BCUT2D eigenvalue weighted by atomic mass is 10.1. The van der Waals surface area contributed by atoms with Gasteiger partial charge in [-0.1, -0.05) is 30.3 Å². The van der Waals surface area contributed by atoms with E-state index in [2.05, 4.69) is 15.8 Å². The van der Waals surface area contributed by atoms with E-state index in [0.717, 1.165) is 18.7 Å². The van der Waals surface area contributed by atoms with Crippen LogP contribution < -0.4 is 16.6 Å². The maximum absolute atomic E-state index is 10.8. The highest BCUT2D eigenvalue weighted by Crippen LogP contribution is 2.18. The zero-order valence-corrected chi connectivity index (χ0v) is 10.1. The fraction of sp³-hybridized carbons (Fsp3) is 0.417. The molecule has 1 heterocycles. The molecule has 1 aromatic rings. The van der Waals surface area contributed by atoms with Crippen molar-refractivity contribution in [3.05, 3.63) is 35.9 Å². The minimum absolute atomic E-state index is 0.0948. The van der Waals surface area contributed by atoms with Crippen LogP contribution in [0.3, 0.4) is 0 Å². The summed E-state index contributed by atoms with van der Waals surface area (Å²) in [5.74, 6) is 0. The van der Waals surface area contributed by atoms with Crippen LogP contribution in [0, 0.1) is 0 Å². The first kappa shape index (κ1) is 12.8. The Kier molecular flexibility index (Phi) is 4.52. The van der Waals surface area contributed by atoms with Gasteiger partial charge in [-0.3, -0.25) is 10.3 Å². The van der Waals surface area contributed by atoms with Gasteiger partial charge in [-0.05, 0) is 5.56 Å². The molecule has 6 heteroatoms. The van der Waals surface area contributed by atoms with Crippen molar-refractivity contribution in [1.29, 1.82) is 0 Å². The van der Waals surface area contributed by atoms with Crippen LogP contribution in [-0.4, -0.2) is 37.2 Å². The van der Waals surface area contributed by atoms with Gasteiger partial charge in [-0.15, -0.1) is 0 Å². The average Bonchev–Trinajstić information content (AvgIpc) is 2.41. The van der Waals surface area contributed by atoms with Gasteiger partial charge in [0, 0.05) is 13.1 Å². The third kappa shape index (κ3) is 3.43. The number of amides is 2. The normalized spacial score (nSPS) is 18.2. The summed E-state index contributed by atoms with van der Waals surface area (Å²) in [6.45, 7) is 3.02. The summed E-state index contributed by atoms with van der Waals surface area (Å²) in [7, 11) is 0. The molecule has 0 spiro atoms. The van der Waals surface area contributed by atoms with Gasteiger partial charge >= 0.3 is 6.03 Å². The zero-order valence-electron chi connectivity index (χ0n) is 10.1. The Morgan fingerprint density at radius 2 is 1.94 bits per heavy atom. The lowest BCUT2D eigenvalue weighted by molar-refractivity contribution is 0.00571. The number of nitrogens with two attached hydrogens (primary N) is 1. The summed E-state index contributed by atoms with van der Waals surface area (Å²) >= 11 is 0. The number of hydrazine groups is 1. The molecule has 2 amide bonds. The van der Waals surface area contributed by atoms with Crippen molar-refractivity contribution in [2.75, 3.05) is 26.3 Å². The first-order chi connectivity index (χ1) is 8.77. The fourth-order valence-electron chi connectivity index (χ4n) is 2.00. The Balaban J connectivity index is 2.08. The molecule has 1 aliphatic rings. The van der Waals surface area contributed by atoms with E-state index in [1.165, 1.54) is 0 Å². The number of primary amides is 1. The van der Waals surface area contributed by atoms with Crippen molar-refractivity contribution in [1.82, 2.24) is 15.8 Å². The molecule has 4 N–H and O–H groups in total. The van der Waals surface area contributed by atoms with E-state index in [1.54, 1.807) is 0 Å². The second-order valence-corrected chi connectivity index (χ2v) is 4.10. The Labute approximate surface area is 106 Å². The van der Waals surface area contributed by atoms with Gasteiger partial charge in [0.25, 0.3) is 0 Å². The first-order valence-electron chi connectivity index (χ1n) is 5.95. The summed E-state index contributed by atoms with van der Waals surface area (Å²) in [4.78, 5) is 13.0. The number of hydrogen-bond donors (Lipinski definition) is 3. The van der Waals surface area contributed by atoms with E-state index in [9.17, 15) is 4.79 Å². The lowest BCUT2D eigenvalue weighted by Crippen LogP contribution is -2.51. The van der Waals surface area contributed by atoms with E-state index in [-0.39, 0.29) is 6.17 Å². The van der Waals surface area contributed by atoms with Crippen LogP contribution >= 0.6 is 0 Å². The van der Waals surface area contributed by atoms with Gasteiger partial charge in [0.2, 0.25) is 0 Å². The molecular weight excluding hydrogens is 232 g/mol. The van der Waals surface area contributed by atoms with Crippen LogP contribution in [0.2, 0.25) is 0 Å². The third-order valence-electron chi connectivity index (χ3n) is 2.86. The largest absolute Gasteiger partial charge is 0.379 e. The maximum atomic E-state index is 10.8. The standard InChI is InChI=1S/C12H18N4O2/c13-12(17)15-14-11(10-4-2-1-3-5-10)16-6-8-18-9-7-16/h1-5,11,14H,6-9H2,(H3,13,15,17). The van der Waals surface area contributed by atoms with Crippen molar-refractivity contribution in [3.8, 4) is 0 Å². The molecule has 1 aromatic carbocycles. The predicted molar refractivity (Wildman–Crippen MR) is 67.4 cm³/mol. The second-order valence-electron chi connectivity index (χ2n) is 4.10. The van der Waals surface area contributed by atoms with Crippen molar-refractivity contribution in [2.24, 2.45) is 5.73 Å². The molecule has 6 nitrogen and oxygen atoms in total. The summed E-state index contributed by atoms with van der Waals surface area (Å²) < 4.78 is 5.33. The number of nitrogens with one attached hydrogen (secondary N) is 2. The molecule has 0 bridgehead atoms. The van der Waals surface area contributed by atoms with Gasteiger partial charge < -0.3 is 10.5 Å². The number of hydrogen-bond acceptors (Lipinski definition) is 4. The van der Waals surface area contributed by atoms with Crippen LogP contribution in [-0.2, 0) is 4.74 Å². The van der Waals surface area contributed by atoms with Gasteiger partial charge in [0.05, 0.1) is 13.2 Å². The number of urea groups is 1. The monoisotopic (exact) mass is 250 g/mol. The van der Waals surface area contributed by atoms with E-state index < -0.39 is 6.03 Å². The predicted octanol–water partition coefficient (Wildman–Crippen LogP) is 0.190. The lowest BCUT2D eigenvalue weighted by Gasteiger charge is -2.35. The highest BCUT2D eigenvalue weighted by Gasteiger charge is 2.22. The Morgan fingerprint density at radius 1 is 1.28 bits per heavy atom. The van der Waals surface area contributed by atoms with Gasteiger partial charge in [0.15, 0.2) is 0 Å². The Morgan fingerprint density at radius 3 is 2.56 bits per heavy atom. The molecule has 1 unspecified atom stereocenters. The fourth-order valence-corrected chi connectivity index (χ4v) is 2.00. The summed E-state index contributed by atoms with van der Waals surface area (Å²) in [5.41, 5.74) is 11.6. The van der Waals surface area contributed by atoms with Crippen LogP contribution in [0.5, 0.6) is 0 Å². The number of rotatable bonds is 4. The molecule has 18 heavy (non-hydrogen) atoms. The second kappa shape index (κ2) is 6.34. The highest BCUT2D eigenvalue weighted by molar-refractivity contribution is 5.70. The molecular formula is C12H18N4O2. The van der Waals surface area contributed by atoms with Crippen molar-refractivity contribution < 1.29 is 9.53 Å². The summed E-state index contributed by atoms with van der Waals surface area (Å²) in [6, 6.07) is 9.32. The summed E-state index contributed by atoms with van der Waals surface area (Å²) in [5, 5.41) is 0. The van der Waals surface area contributed by atoms with Gasteiger partial charge in [0.1, 0.15) is 6.17 Å². The zero-order chi connectivity index (χ0) is 12.8. The van der Waals surface area contributed by atoms with Gasteiger partial charge in [-0.25, -0.2) is 10.2 Å².